The van der Waals surface area contributed by atoms with Crippen molar-refractivity contribution in [3.8, 4) is 11.8 Å². The third kappa shape index (κ3) is 2.75. The molecule has 0 spiro atoms. The molecule has 0 heterocycles. The lowest BCUT2D eigenvalue weighted by Crippen LogP contribution is -1.98. The van der Waals surface area contributed by atoms with Crippen LogP contribution in [0.25, 0.3) is 0 Å². The quantitative estimate of drug-likeness (QED) is 0.667. The predicted molar refractivity (Wildman–Crippen MR) is 46.9 cm³/mol. The number of rotatable bonds is 3. The van der Waals surface area contributed by atoms with E-state index in [-0.39, 0.29) is 24.6 Å². The molecule has 0 fully saturated rings. The Balaban J connectivity index is 2.65. The average molecular weight is 179 g/mol. The number of ether oxygens (including phenoxy) is 1. The molecule has 1 rings (SSSR count). The molecule has 0 atom stereocenters. The molecule has 13 heavy (non-hydrogen) atoms. The number of halogens is 1. The molecule has 0 N–H and O–H groups in total. The summed E-state index contributed by atoms with van der Waals surface area (Å²) in [6.07, 6.45) is 0.271. The van der Waals surface area contributed by atoms with Crippen LogP contribution in [0.2, 0.25) is 0 Å². The Morgan fingerprint density at radius 1 is 1.54 bits per heavy atom. The lowest BCUT2D eigenvalue weighted by molar-refractivity contribution is 0.309. The summed E-state index contributed by atoms with van der Waals surface area (Å²) in [5.41, 5.74) is 0.938. The van der Waals surface area contributed by atoms with E-state index in [1.54, 1.807) is 12.1 Å². The molecule has 0 aromatic heterocycles. The maximum atomic E-state index is 13.0. The van der Waals surface area contributed by atoms with E-state index in [4.69, 9.17) is 10.00 Å². The second-order valence-electron chi connectivity index (χ2n) is 2.69. The first-order chi connectivity index (χ1) is 6.24. The lowest BCUT2D eigenvalue weighted by Gasteiger charge is -2.05. The molecular formula is C10H10FNO. The first-order valence-electron chi connectivity index (χ1n) is 4.00. The predicted octanol–water partition coefficient (Wildman–Crippen LogP) is 2.43. The van der Waals surface area contributed by atoms with Gasteiger partial charge in [-0.25, -0.2) is 4.39 Å². The zero-order valence-electron chi connectivity index (χ0n) is 7.38. The molecule has 0 amide bonds. The van der Waals surface area contributed by atoms with E-state index in [1.807, 2.05) is 13.0 Å². The standard InChI is InChI=1S/C10H10FNO/c1-8-3-4-9(11)10(7-8)13-6-2-5-12/h3-4,7H,2,6H2,1H3. The van der Waals surface area contributed by atoms with E-state index >= 15 is 0 Å². The van der Waals surface area contributed by atoms with Crippen molar-refractivity contribution in [3.05, 3.63) is 29.6 Å². The number of benzene rings is 1. The minimum atomic E-state index is -0.386. The first-order valence-corrected chi connectivity index (χ1v) is 4.00. The van der Waals surface area contributed by atoms with Gasteiger partial charge in [0.2, 0.25) is 0 Å². The monoisotopic (exact) mass is 179 g/mol. The Hall–Kier alpha value is -1.56. The number of nitrogens with zero attached hydrogens (tertiary/aromatic N) is 1. The molecule has 1 aromatic rings. The van der Waals surface area contributed by atoms with Crippen LogP contribution in [0.4, 0.5) is 4.39 Å². The lowest BCUT2D eigenvalue weighted by atomic mass is 10.2. The van der Waals surface area contributed by atoms with Gasteiger partial charge in [0.05, 0.1) is 12.5 Å². The van der Waals surface area contributed by atoms with Crippen molar-refractivity contribution in [2.24, 2.45) is 0 Å². The average Bonchev–Trinajstić information content (AvgIpc) is 2.11. The van der Waals surface area contributed by atoms with E-state index in [0.29, 0.717) is 0 Å². The molecule has 3 heteroatoms. The van der Waals surface area contributed by atoms with Crippen molar-refractivity contribution >= 4 is 0 Å². The summed E-state index contributed by atoms with van der Waals surface area (Å²) in [5, 5.41) is 8.24. The number of hydrogen-bond acceptors (Lipinski definition) is 2. The van der Waals surface area contributed by atoms with Gasteiger partial charge >= 0.3 is 0 Å². The van der Waals surface area contributed by atoms with Crippen LogP contribution in [-0.2, 0) is 0 Å². The van der Waals surface area contributed by atoms with Crippen LogP contribution in [0.3, 0.4) is 0 Å². The van der Waals surface area contributed by atoms with Crippen molar-refractivity contribution in [1.82, 2.24) is 0 Å². The summed E-state index contributed by atoms with van der Waals surface area (Å²) in [5.74, 6) is -0.168. The molecule has 68 valence electrons. The summed E-state index contributed by atoms with van der Waals surface area (Å²) in [4.78, 5) is 0. The normalized spacial score (nSPS) is 9.31. The second kappa shape index (κ2) is 4.46. The molecule has 0 aliphatic rings. The maximum absolute atomic E-state index is 13.0. The summed E-state index contributed by atoms with van der Waals surface area (Å²) in [7, 11) is 0. The fourth-order valence-corrected chi connectivity index (χ4v) is 0.928. The van der Waals surface area contributed by atoms with Crippen LogP contribution < -0.4 is 4.74 Å². The third-order valence-corrected chi connectivity index (χ3v) is 1.56. The largest absolute Gasteiger partial charge is 0.489 e. The topological polar surface area (TPSA) is 33.0 Å². The highest BCUT2D eigenvalue weighted by molar-refractivity contribution is 5.29. The van der Waals surface area contributed by atoms with E-state index in [2.05, 4.69) is 0 Å². The maximum Gasteiger partial charge on any atom is 0.165 e. The van der Waals surface area contributed by atoms with Crippen molar-refractivity contribution in [2.45, 2.75) is 13.3 Å². The Bertz CT molecular complexity index is 330. The smallest absolute Gasteiger partial charge is 0.165 e. The SMILES string of the molecule is Cc1ccc(F)c(OCCC#N)c1. The van der Waals surface area contributed by atoms with Crippen molar-refractivity contribution < 1.29 is 9.13 Å². The highest BCUT2D eigenvalue weighted by Gasteiger charge is 2.01. The number of nitriles is 1. The highest BCUT2D eigenvalue weighted by Crippen LogP contribution is 2.18. The van der Waals surface area contributed by atoms with Crippen molar-refractivity contribution in [1.29, 1.82) is 5.26 Å². The van der Waals surface area contributed by atoms with Crippen LogP contribution in [0, 0.1) is 24.1 Å². The minimum Gasteiger partial charge on any atom is -0.489 e. The molecule has 1 aromatic carbocycles. The molecule has 2 nitrogen and oxygen atoms in total. The van der Waals surface area contributed by atoms with Crippen LogP contribution >= 0.6 is 0 Å². The zero-order chi connectivity index (χ0) is 9.68. The van der Waals surface area contributed by atoms with Gasteiger partial charge in [-0.3, -0.25) is 0 Å². The summed E-state index contributed by atoms with van der Waals surface area (Å²) >= 11 is 0. The van der Waals surface area contributed by atoms with E-state index < -0.39 is 0 Å². The summed E-state index contributed by atoms with van der Waals surface area (Å²) in [6, 6.07) is 6.57. The zero-order valence-corrected chi connectivity index (χ0v) is 7.38. The van der Waals surface area contributed by atoms with E-state index in [1.165, 1.54) is 6.07 Å². The van der Waals surface area contributed by atoms with E-state index in [9.17, 15) is 4.39 Å². The Labute approximate surface area is 76.6 Å². The molecule has 0 aliphatic heterocycles. The van der Waals surface area contributed by atoms with Gasteiger partial charge in [-0.05, 0) is 24.6 Å². The van der Waals surface area contributed by atoms with Crippen molar-refractivity contribution in [3.63, 3.8) is 0 Å². The third-order valence-electron chi connectivity index (χ3n) is 1.56. The summed E-state index contributed by atoms with van der Waals surface area (Å²) < 4.78 is 18.0. The highest BCUT2D eigenvalue weighted by atomic mass is 19.1. The molecule has 0 bridgehead atoms. The molecular weight excluding hydrogens is 169 g/mol. The summed E-state index contributed by atoms with van der Waals surface area (Å²) in [6.45, 7) is 2.09. The van der Waals surface area contributed by atoms with Gasteiger partial charge in [-0.1, -0.05) is 6.07 Å². The molecule has 0 radical (unpaired) electrons. The molecule has 0 aliphatic carbocycles. The van der Waals surface area contributed by atoms with E-state index in [0.717, 1.165) is 5.56 Å². The second-order valence-corrected chi connectivity index (χ2v) is 2.69. The molecule has 0 saturated heterocycles. The number of hydrogen-bond donors (Lipinski definition) is 0. The minimum absolute atomic E-state index is 0.218. The van der Waals surface area contributed by atoms with Gasteiger partial charge in [-0.2, -0.15) is 5.26 Å². The fraction of sp³-hybridized carbons (Fsp3) is 0.300. The van der Waals surface area contributed by atoms with Crippen LogP contribution in [0.1, 0.15) is 12.0 Å². The van der Waals surface area contributed by atoms with Crippen LogP contribution in [-0.4, -0.2) is 6.61 Å². The van der Waals surface area contributed by atoms with Gasteiger partial charge in [0, 0.05) is 0 Å². The molecule has 0 unspecified atom stereocenters. The van der Waals surface area contributed by atoms with Gasteiger partial charge < -0.3 is 4.74 Å². The fourth-order valence-electron chi connectivity index (χ4n) is 0.928. The number of aryl methyl sites for hydroxylation is 1. The van der Waals surface area contributed by atoms with Gasteiger partial charge in [0.1, 0.15) is 6.61 Å². The molecule has 0 saturated carbocycles. The first kappa shape index (κ1) is 9.53. The van der Waals surface area contributed by atoms with Gasteiger partial charge in [-0.15, -0.1) is 0 Å². The van der Waals surface area contributed by atoms with Crippen molar-refractivity contribution in [2.75, 3.05) is 6.61 Å². The Morgan fingerprint density at radius 3 is 3.00 bits per heavy atom. The van der Waals surface area contributed by atoms with Crippen LogP contribution in [0.15, 0.2) is 18.2 Å². The Morgan fingerprint density at radius 2 is 2.31 bits per heavy atom. The Kier molecular flexibility index (Phi) is 3.27. The van der Waals surface area contributed by atoms with Crippen LogP contribution in [0.5, 0.6) is 5.75 Å². The van der Waals surface area contributed by atoms with Gasteiger partial charge in [0.15, 0.2) is 11.6 Å². The van der Waals surface area contributed by atoms with Gasteiger partial charge in [0.25, 0.3) is 0 Å².